The first-order valence-corrected chi connectivity index (χ1v) is 14.1. The topological polar surface area (TPSA) is 58.6 Å². The van der Waals surface area contributed by atoms with Crippen molar-refractivity contribution in [2.75, 3.05) is 13.2 Å². The number of halogens is 2. The average molecular weight is 630 g/mol. The van der Waals surface area contributed by atoms with Crippen molar-refractivity contribution in [2.24, 2.45) is 5.92 Å². The van der Waals surface area contributed by atoms with E-state index in [0.717, 1.165) is 26.5 Å². The second-order valence-corrected chi connectivity index (χ2v) is 11.2. The molecule has 2 amide bonds. The van der Waals surface area contributed by atoms with Gasteiger partial charge in [0.2, 0.25) is 5.91 Å². The molecule has 196 valence electrons. The molecule has 5 nitrogen and oxygen atoms in total. The van der Waals surface area contributed by atoms with Crippen molar-refractivity contribution >= 4 is 43.7 Å². The summed E-state index contributed by atoms with van der Waals surface area (Å²) in [6, 6.07) is 22.7. The molecule has 7 heteroatoms. The molecule has 0 aliphatic carbocycles. The van der Waals surface area contributed by atoms with E-state index >= 15 is 0 Å². The maximum atomic E-state index is 13.7. The molecule has 0 aliphatic heterocycles. The normalized spacial score (nSPS) is 11.7. The Labute approximate surface area is 236 Å². The van der Waals surface area contributed by atoms with E-state index in [2.05, 4.69) is 44.1 Å². The van der Waals surface area contributed by atoms with Gasteiger partial charge in [0.05, 0.1) is 4.47 Å². The summed E-state index contributed by atoms with van der Waals surface area (Å²) in [5, 5.41) is 3.04. The smallest absolute Gasteiger partial charge is 0.261 e. The molecule has 1 N–H and O–H groups in total. The van der Waals surface area contributed by atoms with Crippen LogP contribution >= 0.6 is 31.9 Å². The van der Waals surface area contributed by atoms with Crippen molar-refractivity contribution < 1.29 is 14.3 Å². The van der Waals surface area contributed by atoms with Gasteiger partial charge in [-0.2, -0.15) is 0 Å². The third-order valence-electron chi connectivity index (χ3n) is 5.98. The molecular formula is C30H34Br2N2O3. The first-order valence-electron chi connectivity index (χ1n) is 12.5. The number of nitrogens with one attached hydrogen (secondary N) is 1. The molecule has 0 radical (unpaired) electrons. The van der Waals surface area contributed by atoms with Gasteiger partial charge in [-0.15, -0.1) is 0 Å². The second-order valence-electron chi connectivity index (χ2n) is 9.40. The fourth-order valence-corrected chi connectivity index (χ4v) is 4.67. The predicted octanol–water partition coefficient (Wildman–Crippen LogP) is 6.57. The summed E-state index contributed by atoms with van der Waals surface area (Å²) in [5.41, 5.74) is 3.09. The highest BCUT2D eigenvalue weighted by atomic mass is 79.9. The van der Waals surface area contributed by atoms with Crippen LogP contribution in [0.25, 0.3) is 0 Å². The summed E-state index contributed by atoms with van der Waals surface area (Å²) in [7, 11) is 0. The molecule has 0 saturated heterocycles. The SMILES string of the molecule is CCc1ccc(OCC(=O)N(Cc2ccc(Br)cc2)C(Cc2ccccc2)C(=O)NCC(C)C)c(Br)c1. The van der Waals surface area contributed by atoms with Gasteiger partial charge >= 0.3 is 0 Å². The summed E-state index contributed by atoms with van der Waals surface area (Å²) < 4.78 is 7.69. The summed E-state index contributed by atoms with van der Waals surface area (Å²) in [5.74, 6) is 0.466. The van der Waals surface area contributed by atoms with Crippen LogP contribution in [0.5, 0.6) is 5.75 Å². The predicted molar refractivity (Wildman–Crippen MR) is 155 cm³/mol. The van der Waals surface area contributed by atoms with Gasteiger partial charge in [0.15, 0.2) is 6.61 Å². The van der Waals surface area contributed by atoms with E-state index in [-0.39, 0.29) is 25.0 Å². The molecule has 0 saturated carbocycles. The highest BCUT2D eigenvalue weighted by Crippen LogP contribution is 2.26. The van der Waals surface area contributed by atoms with E-state index in [4.69, 9.17) is 4.74 Å². The Morgan fingerprint density at radius 2 is 1.59 bits per heavy atom. The number of rotatable bonds is 12. The third-order valence-corrected chi connectivity index (χ3v) is 7.13. The molecule has 0 bridgehead atoms. The lowest BCUT2D eigenvalue weighted by Gasteiger charge is -2.31. The van der Waals surface area contributed by atoms with Gasteiger partial charge in [0, 0.05) is 24.0 Å². The lowest BCUT2D eigenvalue weighted by molar-refractivity contribution is -0.142. The molecule has 3 rings (SSSR count). The Kier molecular flexibility index (Phi) is 11.2. The monoisotopic (exact) mass is 628 g/mol. The molecule has 1 unspecified atom stereocenters. The molecule has 0 fully saturated rings. The number of amides is 2. The minimum absolute atomic E-state index is 0.170. The largest absolute Gasteiger partial charge is 0.483 e. The van der Waals surface area contributed by atoms with Crippen LogP contribution in [0.3, 0.4) is 0 Å². The summed E-state index contributed by atoms with van der Waals surface area (Å²) in [6.07, 6.45) is 1.31. The van der Waals surface area contributed by atoms with Crippen molar-refractivity contribution in [3.8, 4) is 5.75 Å². The Morgan fingerprint density at radius 3 is 2.22 bits per heavy atom. The van der Waals surface area contributed by atoms with Gasteiger partial charge in [-0.25, -0.2) is 0 Å². The Balaban J connectivity index is 1.89. The number of hydrogen-bond acceptors (Lipinski definition) is 3. The van der Waals surface area contributed by atoms with Crippen LogP contribution in [0.1, 0.15) is 37.5 Å². The third kappa shape index (κ3) is 9.00. The maximum Gasteiger partial charge on any atom is 0.261 e. The Hall–Kier alpha value is -2.64. The number of hydrogen-bond donors (Lipinski definition) is 1. The fourth-order valence-electron chi connectivity index (χ4n) is 3.87. The van der Waals surface area contributed by atoms with Crippen LogP contribution in [0.15, 0.2) is 81.7 Å². The van der Waals surface area contributed by atoms with Crippen LogP contribution in [0.2, 0.25) is 0 Å². The van der Waals surface area contributed by atoms with Gasteiger partial charge in [-0.05, 0) is 69.2 Å². The second kappa shape index (κ2) is 14.3. The minimum atomic E-state index is -0.688. The zero-order valence-electron chi connectivity index (χ0n) is 21.5. The van der Waals surface area contributed by atoms with Crippen molar-refractivity contribution in [1.29, 1.82) is 0 Å². The fraction of sp³-hybridized carbons (Fsp3) is 0.333. The Morgan fingerprint density at radius 1 is 0.919 bits per heavy atom. The van der Waals surface area contributed by atoms with E-state index < -0.39 is 6.04 Å². The van der Waals surface area contributed by atoms with E-state index in [1.807, 2.05) is 86.6 Å². The summed E-state index contributed by atoms with van der Waals surface area (Å²) in [4.78, 5) is 28.8. The lowest BCUT2D eigenvalue weighted by atomic mass is 10.0. The van der Waals surface area contributed by atoms with Crippen LogP contribution in [-0.4, -0.2) is 35.9 Å². The molecule has 3 aromatic rings. The van der Waals surface area contributed by atoms with Gasteiger partial charge in [-0.1, -0.05) is 85.2 Å². The zero-order chi connectivity index (χ0) is 26.8. The summed E-state index contributed by atoms with van der Waals surface area (Å²) in [6.45, 7) is 6.83. The lowest BCUT2D eigenvalue weighted by Crippen LogP contribution is -2.52. The quantitative estimate of drug-likeness (QED) is 0.247. The molecule has 0 aliphatic rings. The standard InChI is InChI=1S/C30H34Br2N2O3/c1-4-22-12-15-28(26(32)16-22)37-20-29(35)34(19-24-10-13-25(31)14-11-24)27(30(36)33-18-21(2)3)17-23-8-6-5-7-9-23/h5-16,21,27H,4,17-20H2,1-3H3,(H,33,36). The molecular weight excluding hydrogens is 596 g/mol. The van der Waals surface area contributed by atoms with E-state index in [1.54, 1.807) is 4.90 Å². The number of benzene rings is 3. The average Bonchev–Trinajstić information content (AvgIpc) is 2.90. The first kappa shape index (κ1) is 28.9. The first-order chi connectivity index (χ1) is 17.8. The minimum Gasteiger partial charge on any atom is -0.483 e. The van der Waals surface area contributed by atoms with Crippen molar-refractivity contribution in [3.05, 3.63) is 98.4 Å². The van der Waals surface area contributed by atoms with Crippen molar-refractivity contribution in [2.45, 2.75) is 46.2 Å². The number of carbonyl (C=O) groups is 2. The van der Waals surface area contributed by atoms with Crippen molar-refractivity contribution in [3.63, 3.8) is 0 Å². The number of ether oxygens (including phenoxy) is 1. The van der Waals surface area contributed by atoms with E-state index in [1.165, 1.54) is 5.56 Å². The van der Waals surface area contributed by atoms with Crippen molar-refractivity contribution in [1.82, 2.24) is 10.2 Å². The van der Waals surface area contributed by atoms with Gasteiger partial charge in [0.25, 0.3) is 5.91 Å². The molecule has 37 heavy (non-hydrogen) atoms. The van der Waals surface area contributed by atoms with Crippen LogP contribution in [0, 0.1) is 5.92 Å². The molecule has 0 aromatic heterocycles. The van der Waals surface area contributed by atoms with Gasteiger partial charge in [-0.3, -0.25) is 9.59 Å². The molecule has 3 aromatic carbocycles. The van der Waals surface area contributed by atoms with Crippen LogP contribution < -0.4 is 10.1 Å². The molecule has 0 spiro atoms. The highest BCUT2D eigenvalue weighted by molar-refractivity contribution is 9.10. The summed E-state index contributed by atoms with van der Waals surface area (Å²) >= 11 is 7.02. The molecule has 1 atom stereocenters. The number of aryl methyl sites for hydroxylation is 1. The van der Waals surface area contributed by atoms with Gasteiger partial charge in [0.1, 0.15) is 11.8 Å². The molecule has 0 heterocycles. The number of nitrogens with zero attached hydrogens (tertiary/aromatic N) is 1. The van der Waals surface area contributed by atoms with E-state index in [0.29, 0.717) is 24.6 Å². The Bertz CT molecular complexity index is 1170. The maximum absolute atomic E-state index is 13.7. The number of carbonyl (C=O) groups excluding carboxylic acids is 2. The van der Waals surface area contributed by atoms with Crippen LogP contribution in [0.4, 0.5) is 0 Å². The van der Waals surface area contributed by atoms with Gasteiger partial charge < -0.3 is 15.0 Å². The highest BCUT2D eigenvalue weighted by Gasteiger charge is 2.30. The zero-order valence-corrected chi connectivity index (χ0v) is 24.7. The van der Waals surface area contributed by atoms with Crippen LogP contribution in [-0.2, 0) is 29.0 Å². The van der Waals surface area contributed by atoms with E-state index in [9.17, 15) is 9.59 Å².